The van der Waals surface area contributed by atoms with Gasteiger partial charge in [-0.15, -0.1) is 11.3 Å². The number of furan rings is 1. The second kappa shape index (κ2) is 5.42. The Hall–Kier alpha value is -1.21. The number of nitrogens with one attached hydrogen (secondary N) is 1. The van der Waals surface area contributed by atoms with E-state index in [9.17, 15) is 5.11 Å². The van der Waals surface area contributed by atoms with Gasteiger partial charge < -0.3 is 14.8 Å². The Morgan fingerprint density at radius 1 is 1.63 bits per heavy atom. The van der Waals surface area contributed by atoms with Crippen LogP contribution in [0.5, 0.6) is 0 Å². The van der Waals surface area contributed by atoms with Crippen LogP contribution in [0.4, 0.5) is 0 Å². The average Bonchev–Trinajstić information content (AvgIpc) is 3.04. The lowest BCUT2D eigenvalue weighted by Crippen LogP contribution is -2.42. The third-order valence-corrected chi connectivity index (χ3v) is 4.30. The predicted molar refractivity (Wildman–Crippen MR) is 72.7 cm³/mol. The van der Waals surface area contributed by atoms with Crippen LogP contribution in [0.3, 0.4) is 0 Å². The topological polar surface area (TPSA) is 61.5 Å². The molecule has 0 aromatic carbocycles. The first-order valence-electron chi connectivity index (χ1n) is 6.33. The molecule has 6 heteroatoms. The van der Waals surface area contributed by atoms with E-state index in [2.05, 4.69) is 10.3 Å². The lowest BCUT2D eigenvalue weighted by molar-refractivity contribution is -0.0288. The van der Waals surface area contributed by atoms with Gasteiger partial charge in [0.1, 0.15) is 23.0 Å². The first-order valence-corrected chi connectivity index (χ1v) is 7.21. The van der Waals surface area contributed by atoms with Crippen LogP contribution in [0.2, 0.25) is 0 Å². The highest BCUT2D eigenvalue weighted by molar-refractivity contribution is 7.09. The molecule has 3 rings (SSSR count). The van der Waals surface area contributed by atoms with Gasteiger partial charge in [-0.3, -0.25) is 4.90 Å². The fourth-order valence-electron chi connectivity index (χ4n) is 2.53. The van der Waals surface area contributed by atoms with Crippen molar-refractivity contribution in [3.8, 4) is 0 Å². The van der Waals surface area contributed by atoms with Crippen molar-refractivity contribution < 1.29 is 9.52 Å². The Morgan fingerprint density at radius 3 is 3.26 bits per heavy atom. The van der Waals surface area contributed by atoms with E-state index in [0.717, 1.165) is 23.7 Å². The number of hydrogen-bond acceptors (Lipinski definition) is 6. The maximum absolute atomic E-state index is 10.6. The molecule has 0 radical (unpaired) electrons. The molecule has 0 fully saturated rings. The summed E-state index contributed by atoms with van der Waals surface area (Å²) in [7, 11) is 1.84. The molecule has 2 aromatic heterocycles. The third-order valence-electron chi connectivity index (χ3n) is 3.54. The Kier molecular flexibility index (Phi) is 3.65. The molecule has 2 N–H and O–H groups in total. The zero-order valence-corrected chi connectivity index (χ0v) is 11.6. The van der Waals surface area contributed by atoms with E-state index in [1.165, 1.54) is 5.56 Å². The number of fused-ring (bicyclic) bond motifs is 1. The molecule has 19 heavy (non-hydrogen) atoms. The first kappa shape index (κ1) is 12.8. The van der Waals surface area contributed by atoms with Crippen LogP contribution >= 0.6 is 11.3 Å². The lowest BCUT2D eigenvalue weighted by atomic mass is 10.1. The minimum Gasteiger partial charge on any atom is -0.467 e. The number of thiazole rings is 1. The van der Waals surface area contributed by atoms with Crippen LogP contribution in [0, 0.1) is 0 Å². The highest BCUT2D eigenvalue weighted by atomic mass is 32.1. The van der Waals surface area contributed by atoms with Gasteiger partial charge in [0.15, 0.2) is 0 Å². The van der Waals surface area contributed by atoms with Gasteiger partial charge in [0, 0.05) is 18.1 Å². The zero-order chi connectivity index (χ0) is 13.2. The fraction of sp³-hybridized carbons (Fsp3) is 0.462. The SMILES string of the molecule is CNC1c2occc2CCN(Cc2nccs2)C1O. The molecule has 0 saturated carbocycles. The van der Waals surface area contributed by atoms with Crippen LogP contribution in [0.1, 0.15) is 22.4 Å². The van der Waals surface area contributed by atoms with Gasteiger partial charge in [-0.25, -0.2) is 4.98 Å². The molecule has 1 aliphatic heterocycles. The quantitative estimate of drug-likeness (QED) is 0.888. The Morgan fingerprint density at radius 2 is 2.53 bits per heavy atom. The van der Waals surface area contributed by atoms with E-state index in [4.69, 9.17) is 4.42 Å². The standard InChI is InChI=1S/C13H17N3O2S/c1-14-11-12-9(3-6-18-12)2-5-16(13(11)17)8-10-15-4-7-19-10/h3-4,6-7,11,13-14,17H,2,5,8H2,1H3. The van der Waals surface area contributed by atoms with E-state index in [0.29, 0.717) is 6.54 Å². The van der Waals surface area contributed by atoms with Crippen LogP contribution in [0.25, 0.3) is 0 Å². The molecule has 2 unspecified atom stereocenters. The molecule has 0 bridgehead atoms. The van der Waals surface area contributed by atoms with E-state index in [1.54, 1.807) is 23.8 Å². The van der Waals surface area contributed by atoms with E-state index in [1.807, 2.05) is 23.4 Å². The minimum absolute atomic E-state index is 0.201. The summed E-state index contributed by atoms with van der Waals surface area (Å²) in [4.78, 5) is 6.32. The molecule has 0 spiro atoms. The van der Waals surface area contributed by atoms with Crippen molar-refractivity contribution in [2.75, 3.05) is 13.6 Å². The average molecular weight is 279 g/mol. The highest BCUT2D eigenvalue weighted by Gasteiger charge is 2.33. The second-order valence-electron chi connectivity index (χ2n) is 4.64. The number of aromatic nitrogens is 1. The number of likely N-dealkylation sites (N-methyl/N-ethyl adjacent to an activating group) is 1. The summed E-state index contributed by atoms with van der Waals surface area (Å²) in [5.41, 5.74) is 1.17. The predicted octanol–water partition coefficient (Wildman–Crippen LogP) is 1.37. The Labute approximate surface area is 115 Å². The van der Waals surface area contributed by atoms with Crippen molar-refractivity contribution in [2.45, 2.75) is 25.2 Å². The molecule has 0 aliphatic carbocycles. The summed E-state index contributed by atoms with van der Waals surface area (Å²) >= 11 is 1.61. The van der Waals surface area contributed by atoms with E-state index < -0.39 is 6.23 Å². The summed E-state index contributed by atoms with van der Waals surface area (Å²) in [5.74, 6) is 0.844. The molecular weight excluding hydrogens is 262 g/mol. The summed E-state index contributed by atoms with van der Waals surface area (Å²) in [6.07, 6.45) is 3.76. The van der Waals surface area contributed by atoms with Crippen molar-refractivity contribution in [3.63, 3.8) is 0 Å². The van der Waals surface area contributed by atoms with Gasteiger partial charge in [0.05, 0.1) is 12.8 Å². The maximum Gasteiger partial charge on any atom is 0.130 e. The third kappa shape index (κ3) is 2.44. The highest BCUT2D eigenvalue weighted by Crippen LogP contribution is 2.29. The molecule has 5 nitrogen and oxygen atoms in total. The van der Waals surface area contributed by atoms with Gasteiger partial charge in [0.25, 0.3) is 0 Å². The van der Waals surface area contributed by atoms with Crippen molar-refractivity contribution in [1.82, 2.24) is 15.2 Å². The number of rotatable bonds is 3. The molecule has 1 aliphatic rings. The number of aliphatic hydroxyl groups excluding tert-OH is 1. The number of nitrogens with zero attached hydrogens (tertiary/aromatic N) is 2. The normalized spacial score (nSPS) is 24.1. The van der Waals surface area contributed by atoms with Gasteiger partial charge in [-0.1, -0.05) is 0 Å². The van der Waals surface area contributed by atoms with Gasteiger partial charge in [-0.2, -0.15) is 0 Å². The molecule has 0 amide bonds. The van der Waals surface area contributed by atoms with Crippen LogP contribution in [0.15, 0.2) is 28.3 Å². The minimum atomic E-state index is -0.610. The molecule has 0 saturated heterocycles. The van der Waals surface area contributed by atoms with Crippen molar-refractivity contribution in [1.29, 1.82) is 0 Å². The van der Waals surface area contributed by atoms with Crippen LogP contribution < -0.4 is 5.32 Å². The number of aliphatic hydroxyl groups is 1. The molecule has 2 aromatic rings. The van der Waals surface area contributed by atoms with Crippen molar-refractivity contribution in [3.05, 3.63) is 40.2 Å². The molecule has 3 heterocycles. The summed E-state index contributed by atoms with van der Waals surface area (Å²) in [6.45, 7) is 1.47. The van der Waals surface area contributed by atoms with Crippen LogP contribution in [-0.2, 0) is 13.0 Å². The van der Waals surface area contributed by atoms with E-state index >= 15 is 0 Å². The summed E-state index contributed by atoms with van der Waals surface area (Å²) < 4.78 is 5.53. The van der Waals surface area contributed by atoms with Crippen molar-refractivity contribution >= 4 is 11.3 Å². The Balaban J connectivity index is 1.83. The largest absolute Gasteiger partial charge is 0.467 e. The van der Waals surface area contributed by atoms with Gasteiger partial charge >= 0.3 is 0 Å². The smallest absolute Gasteiger partial charge is 0.130 e. The second-order valence-corrected chi connectivity index (χ2v) is 5.62. The van der Waals surface area contributed by atoms with Gasteiger partial charge in [-0.05, 0) is 25.1 Å². The Bertz CT molecular complexity index is 526. The fourth-order valence-corrected chi connectivity index (χ4v) is 3.17. The maximum atomic E-state index is 10.6. The van der Waals surface area contributed by atoms with E-state index in [-0.39, 0.29) is 6.04 Å². The summed E-state index contributed by atoms with van der Waals surface area (Å²) in [5, 5.41) is 16.7. The lowest BCUT2D eigenvalue weighted by Gasteiger charge is -2.29. The zero-order valence-electron chi connectivity index (χ0n) is 10.7. The number of hydrogen-bond donors (Lipinski definition) is 2. The van der Waals surface area contributed by atoms with Crippen molar-refractivity contribution in [2.24, 2.45) is 0 Å². The monoisotopic (exact) mass is 279 g/mol. The first-order chi connectivity index (χ1) is 9.29. The van der Waals surface area contributed by atoms with Crippen LogP contribution in [-0.4, -0.2) is 34.8 Å². The molecule has 2 atom stereocenters. The van der Waals surface area contributed by atoms with Gasteiger partial charge in [0.2, 0.25) is 0 Å². The molecule has 102 valence electrons. The molecular formula is C13H17N3O2S. The summed E-state index contributed by atoms with van der Waals surface area (Å²) in [6, 6.07) is 1.78.